The van der Waals surface area contributed by atoms with Gasteiger partial charge in [-0.1, -0.05) is 33.3 Å². The van der Waals surface area contributed by atoms with E-state index in [0.717, 1.165) is 41.6 Å². The van der Waals surface area contributed by atoms with E-state index in [1.165, 1.54) is 7.05 Å². The molecule has 1 atom stereocenters. The van der Waals surface area contributed by atoms with Crippen LogP contribution in [0.25, 0.3) is 16.6 Å². The molecule has 160 valence electrons. The minimum Gasteiger partial charge on any atom is -0.508 e. The number of aldehydes is 1. The third-order valence-corrected chi connectivity index (χ3v) is 3.72. The Labute approximate surface area is 173 Å². The predicted molar refractivity (Wildman–Crippen MR) is 122 cm³/mol. The summed E-state index contributed by atoms with van der Waals surface area (Å²) in [4.78, 5) is 18.4. The number of aromatic nitrogens is 2. The number of carbonyl (C=O) groups excluding carboxylic acids is 1. The van der Waals surface area contributed by atoms with Crippen LogP contribution < -0.4 is 5.73 Å². The molecule has 1 aromatic carbocycles. The van der Waals surface area contributed by atoms with E-state index in [9.17, 15) is 9.90 Å². The maximum absolute atomic E-state index is 10.7. The molecule has 0 radical (unpaired) electrons. The number of aliphatic hydroxyl groups excluding tert-OH is 2. The quantitative estimate of drug-likeness (QED) is 0.543. The van der Waals surface area contributed by atoms with Gasteiger partial charge in [0.05, 0.1) is 17.1 Å². The molecular weight excluding hydrogens is 366 g/mol. The maximum Gasteiger partial charge on any atom is 0.150 e. The van der Waals surface area contributed by atoms with Gasteiger partial charge in [0.1, 0.15) is 17.9 Å². The smallest absolute Gasteiger partial charge is 0.150 e. The number of aliphatic hydroxyl groups is 2. The Morgan fingerprint density at radius 1 is 1.24 bits per heavy atom. The van der Waals surface area contributed by atoms with Crippen LogP contribution in [0.2, 0.25) is 0 Å². The maximum atomic E-state index is 10.7. The minimum atomic E-state index is -0.102. The Morgan fingerprint density at radius 3 is 2.48 bits per heavy atom. The first-order valence-corrected chi connectivity index (χ1v) is 10.0. The van der Waals surface area contributed by atoms with Crippen molar-refractivity contribution < 1.29 is 15.0 Å². The van der Waals surface area contributed by atoms with E-state index in [2.05, 4.69) is 22.6 Å². The second-order valence-corrected chi connectivity index (χ2v) is 5.98. The van der Waals surface area contributed by atoms with Gasteiger partial charge in [-0.3, -0.25) is 4.79 Å². The Morgan fingerprint density at radius 2 is 1.93 bits per heavy atom. The zero-order valence-corrected chi connectivity index (χ0v) is 18.1. The SMILES string of the molecule is CC.CCCC(C)O.CN.O=Cc1ccc2nc(C3=CCC=C(O)C=C3)[nH]c2c1. The van der Waals surface area contributed by atoms with Gasteiger partial charge >= 0.3 is 0 Å². The van der Waals surface area contributed by atoms with Crippen LogP contribution in [-0.2, 0) is 0 Å². The van der Waals surface area contributed by atoms with Crippen molar-refractivity contribution >= 4 is 22.9 Å². The summed E-state index contributed by atoms with van der Waals surface area (Å²) in [6.07, 6.45) is 10.6. The van der Waals surface area contributed by atoms with Crippen LogP contribution >= 0.6 is 0 Å². The fourth-order valence-electron chi connectivity index (χ4n) is 2.45. The highest BCUT2D eigenvalue weighted by atomic mass is 16.3. The number of H-pyrrole nitrogens is 1. The van der Waals surface area contributed by atoms with E-state index in [1.54, 1.807) is 24.3 Å². The van der Waals surface area contributed by atoms with Gasteiger partial charge in [0.25, 0.3) is 0 Å². The van der Waals surface area contributed by atoms with Crippen molar-refractivity contribution in [3.8, 4) is 0 Å². The van der Waals surface area contributed by atoms with E-state index in [4.69, 9.17) is 5.11 Å². The van der Waals surface area contributed by atoms with Crippen molar-refractivity contribution in [2.75, 3.05) is 7.05 Å². The predicted octanol–water partition coefficient (Wildman–Crippen LogP) is 4.93. The average Bonchev–Trinajstić information content (AvgIpc) is 3.04. The summed E-state index contributed by atoms with van der Waals surface area (Å²) >= 11 is 0. The first-order chi connectivity index (χ1) is 14.0. The summed E-state index contributed by atoms with van der Waals surface area (Å²) in [5.74, 6) is 0.989. The normalized spacial score (nSPS) is 13.2. The Hall–Kier alpha value is -2.70. The number of fused-ring (bicyclic) bond motifs is 1. The van der Waals surface area contributed by atoms with Crippen LogP contribution in [0.5, 0.6) is 0 Å². The molecule has 1 aliphatic rings. The van der Waals surface area contributed by atoms with Gasteiger partial charge in [0.15, 0.2) is 0 Å². The van der Waals surface area contributed by atoms with Gasteiger partial charge in [0.2, 0.25) is 0 Å². The van der Waals surface area contributed by atoms with E-state index < -0.39 is 0 Å². The number of hydrogen-bond acceptors (Lipinski definition) is 5. The fourth-order valence-corrected chi connectivity index (χ4v) is 2.45. The zero-order valence-electron chi connectivity index (χ0n) is 18.1. The number of aromatic amines is 1. The summed E-state index contributed by atoms with van der Waals surface area (Å²) < 4.78 is 0. The molecule has 5 N–H and O–H groups in total. The molecule has 0 saturated carbocycles. The lowest BCUT2D eigenvalue weighted by molar-refractivity contribution is 0.112. The van der Waals surface area contributed by atoms with Crippen molar-refractivity contribution in [3.05, 3.63) is 59.7 Å². The number of nitrogens with two attached hydrogens (primary N) is 1. The van der Waals surface area contributed by atoms with E-state index in [0.29, 0.717) is 12.0 Å². The molecule has 0 spiro atoms. The summed E-state index contributed by atoms with van der Waals surface area (Å²) in [5.41, 5.74) is 7.68. The van der Waals surface area contributed by atoms with Crippen molar-refractivity contribution in [1.29, 1.82) is 0 Å². The number of rotatable bonds is 4. The molecule has 0 bridgehead atoms. The Balaban J connectivity index is 0.000000670. The van der Waals surface area contributed by atoms with Gasteiger partial charge in [-0.05, 0) is 63.2 Å². The largest absolute Gasteiger partial charge is 0.508 e. The summed E-state index contributed by atoms with van der Waals surface area (Å²) in [6.45, 7) is 7.87. The number of allylic oxidation sites excluding steroid dienone is 5. The lowest BCUT2D eigenvalue weighted by Gasteiger charge is -1.95. The molecule has 2 aromatic rings. The van der Waals surface area contributed by atoms with Crippen LogP contribution in [0.4, 0.5) is 0 Å². The monoisotopic (exact) mass is 401 g/mol. The van der Waals surface area contributed by atoms with Gasteiger partial charge in [-0.15, -0.1) is 0 Å². The summed E-state index contributed by atoms with van der Waals surface area (Å²) in [6, 6.07) is 5.33. The van der Waals surface area contributed by atoms with Crippen LogP contribution in [0.3, 0.4) is 0 Å². The van der Waals surface area contributed by atoms with Gasteiger partial charge in [-0.2, -0.15) is 0 Å². The Kier molecular flexibility index (Phi) is 13.8. The number of benzene rings is 1. The third-order valence-electron chi connectivity index (χ3n) is 3.72. The van der Waals surface area contributed by atoms with Crippen LogP contribution in [-0.4, -0.2) is 39.6 Å². The van der Waals surface area contributed by atoms with Crippen LogP contribution in [0, 0.1) is 0 Å². The first-order valence-electron chi connectivity index (χ1n) is 10.0. The highest BCUT2D eigenvalue weighted by Crippen LogP contribution is 2.21. The van der Waals surface area contributed by atoms with Gasteiger partial charge in [0, 0.05) is 11.1 Å². The number of nitrogens with zero attached hydrogens (tertiary/aromatic N) is 1. The molecule has 6 heteroatoms. The topological polar surface area (TPSA) is 112 Å². The molecule has 0 saturated heterocycles. The molecule has 1 aromatic heterocycles. The second-order valence-electron chi connectivity index (χ2n) is 5.98. The lowest BCUT2D eigenvalue weighted by Crippen LogP contribution is -1.95. The van der Waals surface area contributed by atoms with Crippen molar-refractivity contribution in [1.82, 2.24) is 9.97 Å². The first kappa shape index (κ1) is 26.3. The van der Waals surface area contributed by atoms with Gasteiger partial charge in [-0.25, -0.2) is 4.98 Å². The highest BCUT2D eigenvalue weighted by molar-refractivity contribution is 5.87. The van der Waals surface area contributed by atoms with E-state index in [1.807, 2.05) is 39.0 Å². The minimum absolute atomic E-state index is 0.102. The molecule has 6 nitrogen and oxygen atoms in total. The number of nitrogens with one attached hydrogen (secondary N) is 1. The van der Waals surface area contributed by atoms with Crippen LogP contribution in [0.1, 0.15) is 63.1 Å². The fraction of sp³-hybridized carbons (Fsp3) is 0.391. The number of carbonyl (C=O) groups is 1. The highest BCUT2D eigenvalue weighted by Gasteiger charge is 2.07. The molecule has 0 amide bonds. The molecule has 1 aliphatic carbocycles. The van der Waals surface area contributed by atoms with Crippen molar-refractivity contribution in [3.63, 3.8) is 0 Å². The lowest BCUT2D eigenvalue weighted by atomic mass is 10.2. The Bertz CT molecular complexity index is 818. The standard InChI is InChI=1S/C15H12N2O2.C5H12O.C2H6.CH5N/c18-9-10-4-7-13-14(8-10)17-15(16-13)11-2-1-3-12(19)6-5-11;1-3-4-5(2)6;2*1-2/h2-9,19H,1H2,(H,16,17);5-6H,3-4H2,1-2H3;1-2H3;2H2,1H3. The zero-order chi connectivity index (χ0) is 22.2. The molecule has 0 aliphatic heterocycles. The van der Waals surface area contributed by atoms with Crippen molar-refractivity contribution in [2.45, 2.75) is 53.1 Å². The summed E-state index contributed by atoms with van der Waals surface area (Å²) in [5, 5.41) is 18.0. The van der Waals surface area contributed by atoms with E-state index in [-0.39, 0.29) is 11.9 Å². The second kappa shape index (κ2) is 15.2. The average molecular weight is 402 g/mol. The van der Waals surface area contributed by atoms with Gasteiger partial charge < -0.3 is 20.9 Å². The molecule has 0 fully saturated rings. The van der Waals surface area contributed by atoms with Crippen molar-refractivity contribution in [2.24, 2.45) is 5.73 Å². The summed E-state index contributed by atoms with van der Waals surface area (Å²) in [7, 11) is 1.50. The molecule has 1 heterocycles. The molecular formula is C23H35N3O3. The number of imidazole rings is 1. The third kappa shape index (κ3) is 9.36. The van der Waals surface area contributed by atoms with Crippen LogP contribution in [0.15, 0.2) is 48.3 Å². The number of hydrogen-bond donors (Lipinski definition) is 4. The molecule has 1 unspecified atom stereocenters. The van der Waals surface area contributed by atoms with E-state index >= 15 is 0 Å². The molecule has 3 rings (SSSR count). The molecule has 29 heavy (non-hydrogen) atoms.